The predicted molar refractivity (Wildman–Crippen MR) is 91.0 cm³/mol. The van der Waals surface area contributed by atoms with Gasteiger partial charge in [-0.25, -0.2) is 0 Å². The van der Waals surface area contributed by atoms with Crippen LogP contribution in [0, 0.1) is 0 Å². The van der Waals surface area contributed by atoms with Crippen molar-refractivity contribution in [3.63, 3.8) is 0 Å². The molecule has 1 aromatic carbocycles. The second-order valence-corrected chi connectivity index (χ2v) is 7.21. The van der Waals surface area contributed by atoms with Crippen molar-refractivity contribution in [2.45, 2.75) is 49.8 Å². The number of fused-ring (bicyclic) bond motifs is 3. The number of hydrogen-bond donors (Lipinski definition) is 2. The molecule has 0 spiro atoms. The van der Waals surface area contributed by atoms with Gasteiger partial charge < -0.3 is 9.64 Å². The number of carbonyl (C=O) groups excluding carboxylic acids is 2. The third kappa shape index (κ3) is 2.23. The lowest BCUT2D eigenvalue weighted by Crippen LogP contribution is -2.75. The maximum absolute atomic E-state index is 13.1. The quantitative estimate of drug-likeness (QED) is 0.806. The molecule has 4 unspecified atom stereocenters. The first kappa shape index (κ1) is 16.5. The van der Waals surface area contributed by atoms with Crippen LogP contribution in [-0.4, -0.2) is 58.9 Å². The van der Waals surface area contributed by atoms with Gasteiger partial charge in [-0.1, -0.05) is 30.3 Å². The molecule has 0 radical (unpaired) electrons. The standard InChI is InChI=1S/C18H24N4O3/c1-17(20-2)16(24)22-13(11-12-7-4-3-5-8-12)15(23)21-10-6-9-14(21)18(22,19)25-17/h3-5,7-8,13-14,20H,6,9-11,19H2,1-2H3. The largest absolute Gasteiger partial charge is 0.332 e. The van der Waals surface area contributed by atoms with Gasteiger partial charge in [-0.15, -0.1) is 0 Å². The van der Waals surface area contributed by atoms with Crippen molar-refractivity contribution >= 4 is 11.8 Å². The average molecular weight is 344 g/mol. The van der Waals surface area contributed by atoms with Crippen LogP contribution in [-0.2, 0) is 20.7 Å². The van der Waals surface area contributed by atoms with E-state index in [1.165, 1.54) is 4.90 Å². The van der Waals surface area contributed by atoms with Gasteiger partial charge in [0.15, 0.2) is 5.72 Å². The Morgan fingerprint density at radius 1 is 1.32 bits per heavy atom. The highest BCUT2D eigenvalue weighted by Gasteiger charge is 2.67. The van der Waals surface area contributed by atoms with Crippen molar-refractivity contribution < 1.29 is 14.3 Å². The van der Waals surface area contributed by atoms with E-state index >= 15 is 0 Å². The van der Waals surface area contributed by atoms with Crippen LogP contribution in [0.5, 0.6) is 0 Å². The molecule has 0 saturated carbocycles. The highest BCUT2D eigenvalue weighted by Crippen LogP contribution is 2.44. The Hall–Kier alpha value is -1.96. The first-order valence-electron chi connectivity index (χ1n) is 8.77. The summed E-state index contributed by atoms with van der Waals surface area (Å²) >= 11 is 0. The number of hydrogen-bond acceptors (Lipinski definition) is 5. The Morgan fingerprint density at radius 3 is 2.72 bits per heavy atom. The van der Waals surface area contributed by atoms with E-state index in [9.17, 15) is 9.59 Å². The minimum Gasteiger partial charge on any atom is -0.332 e. The number of nitrogens with one attached hydrogen (secondary N) is 1. The maximum Gasteiger partial charge on any atom is 0.273 e. The smallest absolute Gasteiger partial charge is 0.273 e. The number of amides is 2. The molecule has 4 atom stereocenters. The Balaban J connectivity index is 1.77. The fourth-order valence-corrected chi connectivity index (χ4v) is 4.36. The van der Waals surface area contributed by atoms with E-state index < -0.39 is 17.6 Å². The van der Waals surface area contributed by atoms with Crippen LogP contribution >= 0.6 is 0 Å². The molecule has 2 amide bonds. The molecule has 3 saturated heterocycles. The Morgan fingerprint density at radius 2 is 2.04 bits per heavy atom. The number of nitrogens with zero attached hydrogens (tertiary/aromatic N) is 2. The summed E-state index contributed by atoms with van der Waals surface area (Å²) in [5.74, 6) is -1.61. The fraction of sp³-hybridized carbons (Fsp3) is 0.556. The first-order chi connectivity index (χ1) is 11.9. The maximum atomic E-state index is 13.1. The lowest BCUT2D eigenvalue weighted by molar-refractivity contribution is -0.207. The lowest BCUT2D eigenvalue weighted by Gasteiger charge is -2.50. The average Bonchev–Trinajstić information content (AvgIpc) is 3.17. The summed E-state index contributed by atoms with van der Waals surface area (Å²) in [4.78, 5) is 29.6. The van der Waals surface area contributed by atoms with Crippen LogP contribution in [0.2, 0.25) is 0 Å². The molecular formula is C18H24N4O3. The minimum atomic E-state index is -1.29. The number of ether oxygens (including phenoxy) is 1. The number of likely N-dealkylation sites (N-methyl/N-ethyl adjacent to an activating group) is 1. The molecule has 134 valence electrons. The zero-order valence-corrected chi connectivity index (χ0v) is 14.6. The summed E-state index contributed by atoms with van der Waals surface area (Å²) in [6, 6.07) is 8.75. The van der Waals surface area contributed by atoms with Gasteiger partial charge in [0.25, 0.3) is 5.91 Å². The van der Waals surface area contributed by atoms with Crippen molar-refractivity contribution in [2.75, 3.05) is 13.6 Å². The molecule has 4 rings (SSSR count). The highest BCUT2D eigenvalue weighted by molar-refractivity contribution is 5.95. The summed E-state index contributed by atoms with van der Waals surface area (Å²) in [5, 5.41) is 2.93. The number of carbonyl (C=O) groups is 2. The molecule has 1 aromatic rings. The number of rotatable bonds is 3. The zero-order valence-electron chi connectivity index (χ0n) is 14.6. The van der Waals surface area contributed by atoms with Crippen LogP contribution in [0.25, 0.3) is 0 Å². The van der Waals surface area contributed by atoms with Gasteiger partial charge in [0.2, 0.25) is 11.8 Å². The van der Waals surface area contributed by atoms with E-state index in [1.807, 2.05) is 30.3 Å². The number of benzene rings is 1. The van der Waals surface area contributed by atoms with Crippen LogP contribution in [0.1, 0.15) is 25.3 Å². The Kier molecular flexibility index (Phi) is 3.64. The summed E-state index contributed by atoms with van der Waals surface area (Å²) < 4.78 is 6.08. The van der Waals surface area contributed by atoms with E-state index in [4.69, 9.17) is 10.5 Å². The van der Waals surface area contributed by atoms with Crippen molar-refractivity contribution in [3.8, 4) is 0 Å². The molecule has 25 heavy (non-hydrogen) atoms. The van der Waals surface area contributed by atoms with Gasteiger partial charge in [-0.2, -0.15) is 0 Å². The van der Waals surface area contributed by atoms with E-state index in [0.717, 1.165) is 18.4 Å². The molecular weight excluding hydrogens is 320 g/mol. The normalized spacial score (nSPS) is 37.4. The third-order valence-corrected chi connectivity index (χ3v) is 5.73. The van der Waals surface area contributed by atoms with E-state index in [0.29, 0.717) is 13.0 Å². The fourth-order valence-electron chi connectivity index (χ4n) is 4.36. The first-order valence-corrected chi connectivity index (χ1v) is 8.77. The molecule has 3 fully saturated rings. The molecule has 3 aliphatic rings. The van der Waals surface area contributed by atoms with Gasteiger partial charge in [0.1, 0.15) is 6.04 Å². The molecule has 7 nitrogen and oxygen atoms in total. The van der Waals surface area contributed by atoms with Gasteiger partial charge in [-0.3, -0.25) is 25.5 Å². The SMILES string of the molecule is CNC1(C)OC2(N)C3CCCN3C(=O)C(Cc3ccccc3)N2C1=O. The van der Waals surface area contributed by atoms with Crippen LogP contribution in [0.3, 0.4) is 0 Å². The molecule has 0 bridgehead atoms. The molecule has 7 heteroatoms. The predicted octanol–water partition coefficient (Wildman–Crippen LogP) is 0.00920. The van der Waals surface area contributed by atoms with E-state index in [1.54, 1.807) is 18.9 Å². The van der Waals surface area contributed by atoms with Crippen LogP contribution in [0.15, 0.2) is 30.3 Å². The van der Waals surface area contributed by atoms with Crippen molar-refractivity contribution in [1.29, 1.82) is 0 Å². The van der Waals surface area contributed by atoms with Crippen molar-refractivity contribution in [3.05, 3.63) is 35.9 Å². The second-order valence-electron chi connectivity index (χ2n) is 7.21. The van der Waals surface area contributed by atoms with Crippen molar-refractivity contribution in [2.24, 2.45) is 5.73 Å². The summed E-state index contributed by atoms with van der Waals surface area (Å²) in [5.41, 5.74) is 6.42. The topological polar surface area (TPSA) is 87.9 Å². The number of piperazine rings is 1. The summed E-state index contributed by atoms with van der Waals surface area (Å²) in [7, 11) is 1.67. The van der Waals surface area contributed by atoms with E-state index in [2.05, 4.69) is 5.32 Å². The zero-order chi connectivity index (χ0) is 17.8. The number of nitrogens with two attached hydrogens (primary N) is 1. The van der Waals surface area contributed by atoms with Crippen LogP contribution < -0.4 is 11.1 Å². The van der Waals surface area contributed by atoms with Gasteiger partial charge in [-0.05, 0) is 32.4 Å². The Bertz CT molecular complexity index is 712. The molecule has 3 heterocycles. The van der Waals surface area contributed by atoms with Gasteiger partial charge in [0, 0.05) is 13.0 Å². The molecule has 3 N–H and O–H groups in total. The monoisotopic (exact) mass is 344 g/mol. The van der Waals surface area contributed by atoms with Crippen LogP contribution in [0.4, 0.5) is 0 Å². The molecule has 3 aliphatic heterocycles. The second kappa shape index (κ2) is 5.52. The lowest BCUT2D eigenvalue weighted by atomic mass is 9.95. The van der Waals surface area contributed by atoms with Crippen molar-refractivity contribution in [1.82, 2.24) is 15.1 Å². The Labute approximate surface area is 147 Å². The molecule has 0 aliphatic carbocycles. The van der Waals surface area contributed by atoms with Gasteiger partial charge >= 0.3 is 0 Å². The minimum absolute atomic E-state index is 0.0373. The molecule has 0 aromatic heterocycles. The highest BCUT2D eigenvalue weighted by atomic mass is 16.6. The summed E-state index contributed by atoms with van der Waals surface area (Å²) in [6.45, 7) is 2.33. The summed E-state index contributed by atoms with van der Waals surface area (Å²) in [6.07, 6.45) is 2.04. The van der Waals surface area contributed by atoms with Gasteiger partial charge in [0.05, 0.1) is 6.04 Å². The third-order valence-electron chi connectivity index (χ3n) is 5.73. The van der Waals surface area contributed by atoms with E-state index in [-0.39, 0.29) is 17.9 Å².